The van der Waals surface area contributed by atoms with Gasteiger partial charge in [-0.15, -0.1) is 0 Å². The van der Waals surface area contributed by atoms with E-state index in [1.165, 1.54) is 39.0 Å². The summed E-state index contributed by atoms with van der Waals surface area (Å²) in [6.07, 6.45) is 11.8. The quantitative estimate of drug-likeness (QED) is 0.347. The standard InChI is InChI=1S/C20H32O3/c1-5-6-7-9-16(2)10-8-11-17(3)14-15-22-20-13-12-19(23-20)18(4)21/h7,9,12-13,16-17H,5-6,8,10-11,14-15H2,1-4H3/b9-7+. The third-order valence-corrected chi connectivity index (χ3v) is 4.06. The van der Waals surface area contributed by atoms with Crippen LogP contribution in [-0.4, -0.2) is 12.4 Å². The van der Waals surface area contributed by atoms with Gasteiger partial charge < -0.3 is 9.15 Å². The van der Waals surface area contributed by atoms with E-state index >= 15 is 0 Å². The molecule has 0 aliphatic rings. The zero-order valence-corrected chi connectivity index (χ0v) is 15.1. The molecule has 0 bridgehead atoms. The summed E-state index contributed by atoms with van der Waals surface area (Å²) in [7, 11) is 0. The van der Waals surface area contributed by atoms with E-state index in [9.17, 15) is 4.79 Å². The Hall–Kier alpha value is -1.51. The number of allylic oxidation sites excluding steroid dienone is 2. The zero-order chi connectivity index (χ0) is 17.1. The highest BCUT2D eigenvalue weighted by atomic mass is 16.6. The average molecular weight is 320 g/mol. The van der Waals surface area contributed by atoms with Crippen molar-refractivity contribution >= 4 is 5.78 Å². The number of ether oxygens (including phenoxy) is 1. The van der Waals surface area contributed by atoms with Gasteiger partial charge in [-0.2, -0.15) is 0 Å². The monoisotopic (exact) mass is 320 g/mol. The molecule has 3 nitrogen and oxygen atoms in total. The molecule has 23 heavy (non-hydrogen) atoms. The van der Waals surface area contributed by atoms with E-state index < -0.39 is 0 Å². The van der Waals surface area contributed by atoms with Crippen molar-refractivity contribution in [1.82, 2.24) is 0 Å². The number of hydrogen-bond donors (Lipinski definition) is 0. The van der Waals surface area contributed by atoms with Crippen LogP contribution < -0.4 is 4.74 Å². The van der Waals surface area contributed by atoms with Crippen molar-refractivity contribution in [1.29, 1.82) is 0 Å². The number of rotatable bonds is 12. The zero-order valence-electron chi connectivity index (χ0n) is 15.1. The minimum atomic E-state index is -0.0738. The summed E-state index contributed by atoms with van der Waals surface area (Å²) in [5.41, 5.74) is 0. The van der Waals surface area contributed by atoms with Gasteiger partial charge in [0, 0.05) is 13.0 Å². The van der Waals surface area contributed by atoms with Crippen molar-refractivity contribution in [3.05, 3.63) is 30.0 Å². The fourth-order valence-corrected chi connectivity index (χ4v) is 2.47. The van der Waals surface area contributed by atoms with E-state index in [0.717, 1.165) is 6.42 Å². The lowest BCUT2D eigenvalue weighted by Crippen LogP contribution is -2.04. The van der Waals surface area contributed by atoms with Gasteiger partial charge in [0.05, 0.1) is 6.61 Å². The lowest BCUT2D eigenvalue weighted by atomic mass is 9.96. The van der Waals surface area contributed by atoms with Gasteiger partial charge in [0.1, 0.15) is 0 Å². The van der Waals surface area contributed by atoms with Crippen LogP contribution in [0.15, 0.2) is 28.7 Å². The van der Waals surface area contributed by atoms with Crippen LogP contribution >= 0.6 is 0 Å². The molecule has 130 valence electrons. The number of carbonyl (C=O) groups excluding carboxylic acids is 1. The van der Waals surface area contributed by atoms with Crippen LogP contribution in [0.3, 0.4) is 0 Å². The number of unbranched alkanes of at least 4 members (excludes halogenated alkanes) is 1. The fraction of sp³-hybridized carbons (Fsp3) is 0.650. The second-order valence-corrected chi connectivity index (χ2v) is 6.54. The molecule has 0 amide bonds. The molecule has 1 aromatic rings. The van der Waals surface area contributed by atoms with Crippen molar-refractivity contribution in [2.75, 3.05) is 6.61 Å². The predicted octanol–water partition coefficient (Wildman–Crippen LogP) is 6.05. The number of ketones is 1. The Morgan fingerprint density at radius 3 is 2.70 bits per heavy atom. The summed E-state index contributed by atoms with van der Waals surface area (Å²) in [5, 5.41) is 0. The maximum atomic E-state index is 11.1. The molecule has 0 aromatic carbocycles. The Bertz CT molecular complexity index is 473. The molecular weight excluding hydrogens is 288 g/mol. The summed E-state index contributed by atoms with van der Waals surface area (Å²) in [5.74, 6) is 2.05. The minimum Gasteiger partial charge on any atom is -0.465 e. The summed E-state index contributed by atoms with van der Waals surface area (Å²) in [6.45, 7) is 8.90. The Kier molecular flexibility index (Phi) is 9.42. The number of carbonyl (C=O) groups is 1. The highest BCUT2D eigenvalue weighted by Crippen LogP contribution is 2.19. The van der Waals surface area contributed by atoms with E-state index in [0.29, 0.717) is 30.1 Å². The summed E-state index contributed by atoms with van der Waals surface area (Å²) in [4.78, 5) is 11.1. The van der Waals surface area contributed by atoms with Gasteiger partial charge in [0.2, 0.25) is 0 Å². The average Bonchev–Trinajstić information content (AvgIpc) is 2.96. The lowest BCUT2D eigenvalue weighted by Gasteiger charge is -2.12. The minimum absolute atomic E-state index is 0.0738. The van der Waals surface area contributed by atoms with Crippen LogP contribution in [0.2, 0.25) is 0 Å². The molecule has 0 spiro atoms. The summed E-state index contributed by atoms with van der Waals surface area (Å²) >= 11 is 0. The highest BCUT2D eigenvalue weighted by molar-refractivity contribution is 5.91. The third-order valence-electron chi connectivity index (χ3n) is 4.06. The molecule has 0 saturated heterocycles. The van der Waals surface area contributed by atoms with Gasteiger partial charge in [-0.1, -0.05) is 52.2 Å². The molecule has 1 aromatic heterocycles. The van der Waals surface area contributed by atoms with Crippen molar-refractivity contribution < 1.29 is 13.9 Å². The summed E-state index contributed by atoms with van der Waals surface area (Å²) in [6, 6.07) is 3.38. The van der Waals surface area contributed by atoms with Crippen LogP contribution in [0.1, 0.15) is 76.8 Å². The first-order chi connectivity index (χ1) is 11.0. The second-order valence-electron chi connectivity index (χ2n) is 6.54. The number of hydrogen-bond acceptors (Lipinski definition) is 3. The van der Waals surface area contributed by atoms with E-state index in [-0.39, 0.29) is 5.78 Å². The highest BCUT2D eigenvalue weighted by Gasteiger charge is 2.08. The van der Waals surface area contributed by atoms with Gasteiger partial charge in [0.25, 0.3) is 5.95 Å². The van der Waals surface area contributed by atoms with Gasteiger partial charge in [0.15, 0.2) is 11.5 Å². The molecule has 3 heteroatoms. The number of Topliss-reactive ketones (excluding diaryl/α,β-unsaturated/α-hetero) is 1. The van der Waals surface area contributed by atoms with Crippen LogP contribution in [-0.2, 0) is 0 Å². The summed E-state index contributed by atoms with van der Waals surface area (Å²) < 4.78 is 10.9. The van der Waals surface area contributed by atoms with E-state index in [1.54, 1.807) is 12.1 Å². The first kappa shape index (κ1) is 19.5. The maximum absolute atomic E-state index is 11.1. The Labute approximate surface area is 141 Å². The molecule has 0 aliphatic carbocycles. The van der Waals surface area contributed by atoms with Crippen LogP contribution in [0.5, 0.6) is 5.95 Å². The molecule has 1 heterocycles. The first-order valence-electron chi connectivity index (χ1n) is 8.93. The van der Waals surface area contributed by atoms with Gasteiger partial charge >= 0.3 is 0 Å². The normalized spacial score (nSPS) is 14.1. The van der Waals surface area contributed by atoms with Crippen molar-refractivity contribution in [3.8, 4) is 5.95 Å². The Morgan fingerprint density at radius 1 is 1.26 bits per heavy atom. The molecule has 0 aliphatic heterocycles. The van der Waals surface area contributed by atoms with Crippen LogP contribution in [0, 0.1) is 11.8 Å². The van der Waals surface area contributed by atoms with Crippen molar-refractivity contribution in [2.45, 2.75) is 66.2 Å². The van der Waals surface area contributed by atoms with E-state index in [2.05, 4.69) is 32.9 Å². The smallest absolute Gasteiger partial charge is 0.284 e. The first-order valence-corrected chi connectivity index (χ1v) is 8.93. The van der Waals surface area contributed by atoms with E-state index in [1.807, 2.05) is 0 Å². The maximum Gasteiger partial charge on any atom is 0.284 e. The van der Waals surface area contributed by atoms with Gasteiger partial charge in [-0.05, 0) is 37.2 Å². The predicted molar refractivity (Wildman–Crippen MR) is 95.1 cm³/mol. The van der Waals surface area contributed by atoms with Crippen molar-refractivity contribution in [3.63, 3.8) is 0 Å². The van der Waals surface area contributed by atoms with Gasteiger partial charge in [-0.25, -0.2) is 0 Å². The Balaban J connectivity index is 2.12. The molecule has 1 rings (SSSR count). The fourth-order valence-electron chi connectivity index (χ4n) is 2.47. The topological polar surface area (TPSA) is 39.4 Å². The molecule has 0 fully saturated rings. The Morgan fingerprint density at radius 2 is 2.04 bits per heavy atom. The SMILES string of the molecule is CCC/C=C/C(C)CCCC(C)CCOc1ccc(C(C)=O)o1. The molecule has 2 atom stereocenters. The molecular formula is C20H32O3. The lowest BCUT2D eigenvalue weighted by molar-refractivity contribution is 0.0977. The molecule has 0 N–H and O–H groups in total. The van der Waals surface area contributed by atoms with Crippen LogP contribution in [0.25, 0.3) is 0 Å². The molecule has 0 radical (unpaired) electrons. The number of furan rings is 1. The van der Waals surface area contributed by atoms with E-state index in [4.69, 9.17) is 9.15 Å². The second kappa shape index (κ2) is 11.1. The van der Waals surface area contributed by atoms with Crippen molar-refractivity contribution in [2.24, 2.45) is 11.8 Å². The van der Waals surface area contributed by atoms with Crippen LogP contribution in [0.4, 0.5) is 0 Å². The van der Waals surface area contributed by atoms with Gasteiger partial charge in [-0.3, -0.25) is 4.79 Å². The molecule has 0 saturated carbocycles. The molecule has 2 unspecified atom stereocenters. The largest absolute Gasteiger partial charge is 0.465 e. The third kappa shape index (κ3) is 8.63.